The number of carbonyl (C=O) groups excluding carboxylic acids is 1. The van der Waals surface area contributed by atoms with Gasteiger partial charge in [0.15, 0.2) is 0 Å². The molecule has 0 spiro atoms. The molecule has 0 bridgehead atoms. The maximum absolute atomic E-state index is 12.3. The lowest BCUT2D eigenvalue weighted by Crippen LogP contribution is -2.47. The normalized spacial score (nSPS) is 16.5. The van der Waals surface area contributed by atoms with Crippen LogP contribution in [-0.4, -0.2) is 43.5 Å². The van der Waals surface area contributed by atoms with E-state index >= 15 is 0 Å². The maximum Gasteiger partial charge on any atom is 0.251 e. The van der Waals surface area contributed by atoms with Crippen molar-refractivity contribution in [2.75, 3.05) is 18.8 Å². The van der Waals surface area contributed by atoms with Crippen molar-refractivity contribution in [1.82, 2.24) is 9.62 Å². The van der Waals surface area contributed by atoms with E-state index in [2.05, 4.69) is 5.32 Å². The molecule has 1 heterocycles. The van der Waals surface area contributed by atoms with Crippen LogP contribution >= 0.6 is 12.4 Å². The summed E-state index contributed by atoms with van der Waals surface area (Å²) in [6, 6.07) is 7.23. The molecule has 0 aromatic heterocycles. The standard InChI is InChI=1S/C17H27N3O3S.ClH/c1-13(2)12-24(22,23)20-9-7-16(8-10-20)19-17(21)15-5-3-14(11-18)4-6-15;/h3-6,13,16H,7-12,18H2,1-2H3,(H,19,21);1H. The van der Waals surface area contributed by atoms with E-state index in [1.165, 1.54) is 0 Å². The Balaban J connectivity index is 0.00000312. The number of piperidine rings is 1. The second-order valence-corrected chi connectivity index (χ2v) is 8.73. The minimum absolute atomic E-state index is 0. The number of carbonyl (C=O) groups is 1. The third kappa shape index (κ3) is 6.26. The van der Waals surface area contributed by atoms with Crippen LogP contribution < -0.4 is 11.1 Å². The van der Waals surface area contributed by atoms with E-state index in [4.69, 9.17) is 5.73 Å². The van der Waals surface area contributed by atoms with Gasteiger partial charge in [-0.2, -0.15) is 0 Å². The van der Waals surface area contributed by atoms with Gasteiger partial charge in [-0.1, -0.05) is 26.0 Å². The number of nitrogens with one attached hydrogen (secondary N) is 1. The number of benzene rings is 1. The van der Waals surface area contributed by atoms with Crippen LogP contribution in [0.4, 0.5) is 0 Å². The molecule has 3 N–H and O–H groups in total. The Morgan fingerprint density at radius 1 is 1.24 bits per heavy atom. The van der Waals surface area contributed by atoms with Crippen LogP contribution in [0.5, 0.6) is 0 Å². The van der Waals surface area contributed by atoms with Crippen LogP contribution in [0.15, 0.2) is 24.3 Å². The van der Waals surface area contributed by atoms with Crippen LogP contribution in [0, 0.1) is 5.92 Å². The second-order valence-electron chi connectivity index (χ2n) is 6.72. The van der Waals surface area contributed by atoms with E-state index in [0.717, 1.165) is 5.56 Å². The summed E-state index contributed by atoms with van der Waals surface area (Å²) >= 11 is 0. The minimum Gasteiger partial charge on any atom is -0.349 e. The van der Waals surface area contributed by atoms with Crippen molar-refractivity contribution < 1.29 is 13.2 Å². The highest BCUT2D eigenvalue weighted by Gasteiger charge is 2.29. The van der Waals surface area contributed by atoms with E-state index < -0.39 is 10.0 Å². The molecule has 2 rings (SSSR count). The molecule has 25 heavy (non-hydrogen) atoms. The molecule has 0 atom stereocenters. The van der Waals surface area contributed by atoms with Crippen LogP contribution in [0.1, 0.15) is 42.6 Å². The number of nitrogens with two attached hydrogens (primary N) is 1. The molecule has 0 radical (unpaired) electrons. The second kappa shape index (κ2) is 9.52. The van der Waals surface area contributed by atoms with Gasteiger partial charge in [0.2, 0.25) is 10.0 Å². The first-order chi connectivity index (χ1) is 11.3. The summed E-state index contributed by atoms with van der Waals surface area (Å²) in [4.78, 5) is 12.3. The van der Waals surface area contributed by atoms with Gasteiger partial charge >= 0.3 is 0 Å². The molecular formula is C17H28ClN3O3S. The third-order valence-corrected chi connectivity index (χ3v) is 6.42. The van der Waals surface area contributed by atoms with Crippen LogP contribution in [0.25, 0.3) is 0 Å². The Morgan fingerprint density at radius 3 is 2.28 bits per heavy atom. The third-order valence-electron chi connectivity index (χ3n) is 4.18. The fourth-order valence-corrected chi connectivity index (χ4v) is 4.69. The lowest BCUT2D eigenvalue weighted by atomic mass is 10.1. The van der Waals surface area contributed by atoms with Gasteiger partial charge in [-0.25, -0.2) is 12.7 Å². The van der Waals surface area contributed by atoms with Gasteiger partial charge in [0, 0.05) is 31.2 Å². The topological polar surface area (TPSA) is 92.5 Å². The summed E-state index contributed by atoms with van der Waals surface area (Å²) in [7, 11) is -3.19. The smallest absolute Gasteiger partial charge is 0.251 e. The molecule has 1 aromatic carbocycles. The van der Waals surface area contributed by atoms with Crippen molar-refractivity contribution in [2.24, 2.45) is 11.7 Å². The molecule has 1 aromatic rings. The van der Waals surface area contributed by atoms with Gasteiger partial charge in [-0.05, 0) is 36.5 Å². The molecule has 0 saturated carbocycles. The molecule has 0 unspecified atom stereocenters. The predicted molar refractivity (Wildman–Crippen MR) is 102 cm³/mol. The van der Waals surface area contributed by atoms with Crippen LogP contribution in [0.2, 0.25) is 0 Å². The van der Waals surface area contributed by atoms with E-state index in [0.29, 0.717) is 38.0 Å². The van der Waals surface area contributed by atoms with E-state index in [-0.39, 0.29) is 36.0 Å². The number of hydrogen-bond donors (Lipinski definition) is 2. The zero-order valence-corrected chi connectivity index (χ0v) is 16.4. The molecule has 6 nitrogen and oxygen atoms in total. The highest BCUT2D eigenvalue weighted by molar-refractivity contribution is 7.89. The average Bonchev–Trinajstić information content (AvgIpc) is 2.54. The molecule has 1 fully saturated rings. The van der Waals surface area contributed by atoms with Crippen LogP contribution in [0.3, 0.4) is 0 Å². The highest BCUT2D eigenvalue weighted by Crippen LogP contribution is 2.17. The Labute approximate surface area is 156 Å². The van der Waals surface area contributed by atoms with Gasteiger partial charge in [0.05, 0.1) is 5.75 Å². The molecule has 142 valence electrons. The monoisotopic (exact) mass is 389 g/mol. The van der Waals surface area contributed by atoms with Crippen molar-refractivity contribution >= 4 is 28.3 Å². The predicted octanol–water partition coefficient (Wildman–Crippen LogP) is 1.75. The lowest BCUT2D eigenvalue weighted by molar-refractivity contribution is 0.0924. The zero-order chi connectivity index (χ0) is 17.7. The molecule has 1 amide bonds. The molecule has 1 saturated heterocycles. The van der Waals surface area contributed by atoms with Gasteiger partial charge in [-0.15, -0.1) is 12.4 Å². The number of hydrogen-bond acceptors (Lipinski definition) is 4. The van der Waals surface area contributed by atoms with Crippen molar-refractivity contribution in [3.63, 3.8) is 0 Å². The number of rotatable bonds is 6. The van der Waals surface area contributed by atoms with Gasteiger partial charge < -0.3 is 11.1 Å². The maximum atomic E-state index is 12.3. The fourth-order valence-electron chi connectivity index (χ4n) is 2.87. The highest BCUT2D eigenvalue weighted by atomic mass is 35.5. The number of nitrogens with zero attached hydrogens (tertiary/aromatic N) is 1. The van der Waals surface area contributed by atoms with Gasteiger partial charge in [-0.3, -0.25) is 4.79 Å². The largest absolute Gasteiger partial charge is 0.349 e. The molecule has 1 aliphatic heterocycles. The summed E-state index contributed by atoms with van der Waals surface area (Å²) in [6.45, 7) is 5.18. The SMILES string of the molecule is CC(C)CS(=O)(=O)N1CCC(NC(=O)c2ccc(CN)cc2)CC1.Cl. The van der Waals surface area contributed by atoms with Crippen molar-refractivity contribution in [1.29, 1.82) is 0 Å². The first-order valence-corrected chi connectivity index (χ1v) is 10.0. The first kappa shape index (κ1) is 21.9. The zero-order valence-electron chi connectivity index (χ0n) is 14.8. The van der Waals surface area contributed by atoms with E-state index in [1.807, 2.05) is 26.0 Å². The quantitative estimate of drug-likeness (QED) is 0.775. The number of halogens is 1. The minimum atomic E-state index is -3.19. The fraction of sp³-hybridized carbons (Fsp3) is 0.588. The number of sulfonamides is 1. The summed E-state index contributed by atoms with van der Waals surface area (Å²) in [5.74, 6) is 0.170. The van der Waals surface area contributed by atoms with Gasteiger partial charge in [0.25, 0.3) is 5.91 Å². The Hall–Kier alpha value is -1.15. The Morgan fingerprint density at radius 2 is 1.80 bits per heavy atom. The molecular weight excluding hydrogens is 362 g/mol. The van der Waals surface area contributed by atoms with E-state index in [9.17, 15) is 13.2 Å². The Kier molecular flexibility index (Phi) is 8.34. The van der Waals surface area contributed by atoms with Gasteiger partial charge in [0.1, 0.15) is 0 Å². The molecule has 1 aliphatic rings. The summed E-state index contributed by atoms with van der Waals surface area (Å²) in [6.07, 6.45) is 1.29. The number of amides is 1. The van der Waals surface area contributed by atoms with Crippen molar-refractivity contribution in [2.45, 2.75) is 39.3 Å². The summed E-state index contributed by atoms with van der Waals surface area (Å²) in [5.41, 5.74) is 7.13. The van der Waals surface area contributed by atoms with Crippen LogP contribution in [-0.2, 0) is 16.6 Å². The summed E-state index contributed by atoms with van der Waals surface area (Å²) < 4.78 is 26.0. The molecule has 8 heteroatoms. The van der Waals surface area contributed by atoms with Crippen molar-refractivity contribution in [3.05, 3.63) is 35.4 Å². The average molecular weight is 390 g/mol. The lowest BCUT2D eigenvalue weighted by Gasteiger charge is -2.32. The van der Waals surface area contributed by atoms with E-state index in [1.54, 1.807) is 16.4 Å². The Bertz CT molecular complexity index is 654. The first-order valence-electron chi connectivity index (χ1n) is 8.39. The molecule has 0 aliphatic carbocycles. The summed E-state index contributed by atoms with van der Waals surface area (Å²) in [5, 5.41) is 2.99. The van der Waals surface area contributed by atoms with Crippen molar-refractivity contribution in [3.8, 4) is 0 Å².